The Bertz CT molecular complexity index is 698. The normalized spacial score (nSPS) is 11.7. The molecule has 0 bridgehead atoms. The Morgan fingerprint density at radius 3 is 2.71 bits per heavy atom. The molecule has 1 unspecified atom stereocenters. The van der Waals surface area contributed by atoms with Crippen LogP contribution in [0.4, 0.5) is 5.82 Å². The van der Waals surface area contributed by atoms with Gasteiger partial charge in [0, 0.05) is 18.3 Å². The summed E-state index contributed by atoms with van der Waals surface area (Å²) in [5.74, 6) is -0.0517. The number of aromatic nitrogens is 2. The first kappa shape index (κ1) is 14.5. The van der Waals surface area contributed by atoms with E-state index in [4.69, 9.17) is 4.52 Å². The third kappa shape index (κ3) is 3.78. The molecule has 0 radical (unpaired) electrons. The maximum atomic E-state index is 11.9. The molecule has 2 rings (SSSR count). The molecule has 2 aromatic heterocycles. The van der Waals surface area contributed by atoms with E-state index >= 15 is 0 Å². The fourth-order valence-electron chi connectivity index (χ4n) is 1.56. The number of nitrogens with one attached hydrogen (secondary N) is 3. The number of H-pyrrole nitrogens is 1. The van der Waals surface area contributed by atoms with Gasteiger partial charge in [-0.05, 0) is 19.9 Å². The quantitative estimate of drug-likeness (QED) is 0.754. The third-order valence-corrected chi connectivity index (χ3v) is 2.67. The summed E-state index contributed by atoms with van der Waals surface area (Å²) in [6.07, 6.45) is 1.28. The minimum Gasteiger partial charge on any atom is -0.360 e. The Kier molecular flexibility index (Phi) is 4.17. The van der Waals surface area contributed by atoms with Crippen LogP contribution in [0.25, 0.3) is 0 Å². The molecular weight excluding hydrogens is 276 g/mol. The maximum Gasteiger partial charge on any atom is 0.253 e. The largest absolute Gasteiger partial charge is 0.360 e. The lowest BCUT2D eigenvalue weighted by Gasteiger charge is -2.12. The molecule has 21 heavy (non-hydrogen) atoms. The molecule has 8 nitrogen and oxygen atoms in total. The van der Waals surface area contributed by atoms with E-state index in [2.05, 4.69) is 20.8 Å². The second-order valence-corrected chi connectivity index (χ2v) is 4.45. The molecule has 0 aliphatic heterocycles. The number of amides is 2. The summed E-state index contributed by atoms with van der Waals surface area (Å²) in [6, 6.07) is 3.40. The molecule has 0 saturated carbocycles. The molecule has 0 fully saturated rings. The van der Waals surface area contributed by atoms with Crippen molar-refractivity contribution < 1.29 is 14.1 Å². The Morgan fingerprint density at radius 1 is 1.38 bits per heavy atom. The lowest BCUT2D eigenvalue weighted by atomic mass is 10.2. The van der Waals surface area contributed by atoms with Gasteiger partial charge in [0.2, 0.25) is 11.5 Å². The number of carbonyl (C=O) groups is 2. The summed E-state index contributed by atoms with van der Waals surface area (Å²) in [7, 11) is 0. The van der Waals surface area contributed by atoms with E-state index in [0.29, 0.717) is 5.76 Å². The Balaban J connectivity index is 1.95. The Labute approximate surface area is 119 Å². The lowest BCUT2D eigenvalue weighted by molar-refractivity contribution is -0.117. The zero-order chi connectivity index (χ0) is 15.4. The first-order valence-electron chi connectivity index (χ1n) is 6.19. The van der Waals surface area contributed by atoms with Crippen LogP contribution in [-0.2, 0) is 4.79 Å². The van der Waals surface area contributed by atoms with Crippen molar-refractivity contribution >= 4 is 17.6 Å². The number of aryl methyl sites for hydroxylation is 1. The first-order chi connectivity index (χ1) is 9.95. The molecule has 3 N–H and O–H groups in total. The average Bonchev–Trinajstić information content (AvgIpc) is 2.84. The van der Waals surface area contributed by atoms with E-state index in [9.17, 15) is 14.4 Å². The van der Waals surface area contributed by atoms with Gasteiger partial charge >= 0.3 is 0 Å². The van der Waals surface area contributed by atoms with Crippen LogP contribution in [0.3, 0.4) is 0 Å². The van der Waals surface area contributed by atoms with Crippen molar-refractivity contribution in [1.29, 1.82) is 0 Å². The van der Waals surface area contributed by atoms with Gasteiger partial charge in [0.25, 0.3) is 5.91 Å². The maximum absolute atomic E-state index is 11.9. The number of hydrogen-bond donors (Lipinski definition) is 3. The summed E-state index contributed by atoms with van der Waals surface area (Å²) in [4.78, 5) is 37.1. The molecule has 110 valence electrons. The highest BCUT2D eigenvalue weighted by Gasteiger charge is 2.17. The van der Waals surface area contributed by atoms with Crippen LogP contribution in [0.5, 0.6) is 0 Å². The lowest BCUT2D eigenvalue weighted by Crippen LogP contribution is -2.41. The number of rotatable bonds is 4. The predicted molar refractivity (Wildman–Crippen MR) is 73.9 cm³/mol. The van der Waals surface area contributed by atoms with Crippen LogP contribution in [0.15, 0.2) is 33.7 Å². The first-order valence-corrected chi connectivity index (χ1v) is 6.19. The number of pyridine rings is 1. The summed E-state index contributed by atoms with van der Waals surface area (Å²) in [5, 5.41) is 8.65. The van der Waals surface area contributed by atoms with Gasteiger partial charge in [0.15, 0.2) is 5.82 Å². The van der Waals surface area contributed by atoms with Crippen molar-refractivity contribution in [2.24, 2.45) is 0 Å². The van der Waals surface area contributed by atoms with E-state index in [1.807, 2.05) is 0 Å². The number of hydrogen-bond acceptors (Lipinski definition) is 5. The van der Waals surface area contributed by atoms with Crippen LogP contribution in [0.2, 0.25) is 0 Å². The fraction of sp³-hybridized carbons (Fsp3) is 0.231. The van der Waals surface area contributed by atoms with Gasteiger partial charge in [-0.25, -0.2) is 0 Å². The monoisotopic (exact) mass is 290 g/mol. The van der Waals surface area contributed by atoms with E-state index in [1.54, 1.807) is 13.0 Å². The second-order valence-electron chi connectivity index (χ2n) is 4.45. The molecule has 0 saturated heterocycles. The van der Waals surface area contributed by atoms with Crippen LogP contribution < -0.4 is 16.2 Å². The van der Waals surface area contributed by atoms with Crippen molar-refractivity contribution in [2.75, 3.05) is 5.32 Å². The van der Waals surface area contributed by atoms with Crippen LogP contribution in [0.1, 0.15) is 23.0 Å². The van der Waals surface area contributed by atoms with Gasteiger partial charge in [0.1, 0.15) is 11.8 Å². The molecule has 0 aromatic carbocycles. The molecule has 1 atom stereocenters. The highest BCUT2D eigenvalue weighted by atomic mass is 16.5. The molecule has 8 heteroatoms. The van der Waals surface area contributed by atoms with E-state index in [-0.39, 0.29) is 16.9 Å². The zero-order valence-corrected chi connectivity index (χ0v) is 11.5. The predicted octanol–water partition coefficient (Wildman–Crippen LogP) is 0.428. The van der Waals surface area contributed by atoms with Gasteiger partial charge in [-0.2, -0.15) is 0 Å². The van der Waals surface area contributed by atoms with Gasteiger partial charge in [0.05, 0.1) is 5.56 Å². The molecule has 0 aliphatic rings. The summed E-state index contributed by atoms with van der Waals surface area (Å²) >= 11 is 0. The van der Waals surface area contributed by atoms with Crippen molar-refractivity contribution in [3.05, 3.63) is 46.1 Å². The van der Waals surface area contributed by atoms with E-state index in [0.717, 1.165) is 0 Å². The second kappa shape index (κ2) is 6.04. The van der Waals surface area contributed by atoms with Crippen molar-refractivity contribution in [2.45, 2.75) is 19.9 Å². The van der Waals surface area contributed by atoms with Crippen LogP contribution >= 0.6 is 0 Å². The highest BCUT2D eigenvalue weighted by molar-refractivity contribution is 6.00. The molecule has 2 amide bonds. The fourth-order valence-corrected chi connectivity index (χ4v) is 1.56. The average molecular weight is 290 g/mol. The SMILES string of the molecule is Cc1cc(NC(=O)C(C)NC(=O)c2ccc(=O)[nH]c2)no1. The minimum atomic E-state index is -0.776. The van der Waals surface area contributed by atoms with Gasteiger partial charge in [-0.1, -0.05) is 5.16 Å². The highest BCUT2D eigenvalue weighted by Crippen LogP contribution is 2.07. The molecule has 0 aliphatic carbocycles. The molecule has 0 spiro atoms. The smallest absolute Gasteiger partial charge is 0.253 e. The Morgan fingerprint density at radius 2 is 2.14 bits per heavy atom. The Hall–Kier alpha value is -2.90. The zero-order valence-electron chi connectivity index (χ0n) is 11.5. The number of aromatic amines is 1. The van der Waals surface area contributed by atoms with E-state index in [1.165, 1.54) is 25.3 Å². The van der Waals surface area contributed by atoms with Crippen molar-refractivity contribution in [1.82, 2.24) is 15.5 Å². The minimum absolute atomic E-state index is 0.256. The topological polar surface area (TPSA) is 117 Å². The van der Waals surface area contributed by atoms with E-state index < -0.39 is 17.9 Å². The van der Waals surface area contributed by atoms with Gasteiger partial charge in [-0.15, -0.1) is 0 Å². The van der Waals surface area contributed by atoms with Crippen molar-refractivity contribution in [3.8, 4) is 0 Å². The van der Waals surface area contributed by atoms with Gasteiger partial charge < -0.3 is 20.1 Å². The summed E-state index contributed by atoms with van der Waals surface area (Å²) < 4.78 is 4.82. The molecule has 2 heterocycles. The molecule has 2 aromatic rings. The molecular formula is C13H14N4O4. The summed E-state index contributed by atoms with van der Waals surface area (Å²) in [5.41, 5.74) is -0.0507. The standard InChI is InChI=1S/C13H14N4O4/c1-7-5-10(17-21-7)16-12(19)8(2)15-13(20)9-3-4-11(18)14-6-9/h3-6,8H,1-2H3,(H,14,18)(H,15,20)(H,16,17,19). The van der Waals surface area contributed by atoms with Gasteiger partial charge in [-0.3, -0.25) is 14.4 Å². The number of anilines is 1. The van der Waals surface area contributed by atoms with Crippen molar-refractivity contribution in [3.63, 3.8) is 0 Å². The number of nitrogens with zero attached hydrogens (tertiary/aromatic N) is 1. The van der Waals surface area contributed by atoms with Crippen LogP contribution in [-0.4, -0.2) is 28.0 Å². The number of carbonyl (C=O) groups excluding carboxylic acids is 2. The van der Waals surface area contributed by atoms with Crippen LogP contribution in [0, 0.1) is 6.92 Å². The third-order valence-electron chi connectivity index (χ3n) is 2.67. The summed E-state index contributed by atoms with van der Waals surface area (Å²) in [6.45, 7) is 3.23.